The lowest BCUT2D eigenvalue weighted by Crippen LogP contribution is -2.37. The molecule has 0 spiro atoms. The molecule has 0 saturated heterocycles. The van der Waals surface area contributed by atoms with Gasteiger partial charge in [0.2, 0.25) is 0 Å². The number of nitrogens with one attached hydrogen (secondary N) is 1. The van der Waals surface area contributed by atoms with Gasteiger partial charge >= 0.3 is 0 Å². The Balaban J connectivity index is 2.55. The van der Waals surface area contributed by atoms with Gasteiger partial charge in [0, 0.05) is 5.69 Å². The molecule has 0 bridgehead atoms. The van der Waals surface area contributed by atoms with E-state index in [1.54, 1.807) is 6.07 Å². The standard InChI is InChI=1S/C12H13BrFNO/c1-12(2)5-7(6-16)15-11-4-9(13)10(14)3-8(11)12/h3-4,6-7,15H,5H2,1-2H3. The van der Waals surface area contributed by atoms with Gasteiger partial charge in [-0.05, 0) is 45.5 Å². The van der Waals surface area contributed by atoms with Crippen LogP contribution < -0.4 is 5.32 Å². The minimum atomic E-state index is -0.266. The van der Waals surface area contributed by atoms with Crippen molar-refractivity contribution in [3.63, 3.8) is 0 Å². The van der Waals surface area contributed by atoms with Gasteiger partial charge in [-0.25, -0.2) is 4.39 Å². The van der Waals surface area contributed by atoms with Crippen LogP contribution >= 0.6 is 15.9 Å². The van der Waals surface area contributed by atoms with Crippen LogP contribution in [0.4, 0.5) is 10.1 Å². The molecule has 1 aliphatic rings. The summed E-state index contributed by atoms with van der Waals surface area (Å²) >= 11 is 3.15. The Morgan fingerprint density at radius 3 is 2.88 bits per heavy atom. The van der Waals surface area contributed by atoms with Crippen molar-refractivity contribution in [3.05, 3.63) is 28.0 Å². The van der Waals surface area contributed by atoms with E-state index >= 15 is 0 Å². The summed E-state index contributed by atoms with van der Waals surface area (Å²) in [7, 11) is 0. The highest BCUT2D eigenvalue weighted by Gasteiger charge is 2.33. The second-order valence-corrected chi connectivity index (χ2v) is 5.64. The summed E-state index contributed by atoms with van der Waals surface area (Å²) in [5.74, 6) is -0.266. The molecule has 1 atom stereocenters. The summed E-state index contributed by atoms with van der Waals surface area (Å²) in [6, 6.07) is 3.04. The van der Waals surface area contributed by atoms with Gasteiger partial charge in [-0.2, -0.15) is 0 Å². The number of hydrogen-bond donors (Lipinski definition) is 1. The van der Waals surface area contributed by atoms with Crippen molar-refractivity contribution < 1.29 is 9.18 Å². The first-order chi connectivity index (χ1) is 7.44. The average Bonchev–Trinajstić information content (AvgIpc) is 2.20. The molecular formula is C12H13BrFNO. The zero-order chi connectivity index (χ0) is 11.9. The van der Waals surface area contributed by atoms with Gasteiger partial charge in [0.25, 0.3) is 0 Å². The molecule has 1 aliphatic heterocycles. The van der Waals surface area contributed by atoms with Crippen molar-refractivity contribution in [1.29, 1.82) is 0 Å². The molecule has 0 aromatic heterocycles. The number of halogens is 2. The number of anilines is 1. The van der Waals surface area contributed by atoms with Crippen molar-refractivity contribution in [2.24, 2.45) is 0 Å². The lowest BCUT2D eigenvalue weighted by atomic mass is 9.76. The Hall–Kier alpha value is -0.900. The predicted molar refractivity (Wildman–Crippen MR) is 65.2 cm³/mol. The lowest BCUT2D eigenvalue weighted by Gasteiger charge is -2.36. The summed E-state index contributed by atoms with van der Waals surface area (Å²) in [4.78, 5) is 10.9. The number of benzene rings is 1. The van der Waals surface area contributed by atoms with E-state index in [2.05, 4.69) is 21.2 Å². The topological polar surface area (TPSA) is 29.1 Å². The fraction of sp³-hybridized carbons (Fsp3) is 0.417. The Labute approximate surface area is 102 Å². The van der Waals surface area contributed by atoms with E-state index in [9.17, 15) is 9.18 Å². The molecule has 16 heavy (non-hydrogen) atoms. The first-order valence-corrected chi connectivity index (χ1v) is 5.95. The van der Waals surface area contributed by atoms with E-state index in [1.165, 1.54) is 6.07 Å². The Kier molecular flexibility index (Phi) is 2.78. The Morgan fingerprint density at radius 2 is 2.25 bits per heavy atom. The van der Waals surface area contributed by atoms with Crippen LogP contribution in [0.2, 0.25) is 0 Å². The molecule has 0 amide bonds. The molecule has 1 heterocycles. The molecule has 0 aliphatic carbocycles. The van der Waals surface area contributed by atoms with Crippen molar-refractivity contribution >= 4 is 27.9 Å². The van der Waals surface area contributed by atoms with E-state index in [4.69, 9.17) is 0 Å². The molecule has 1 unspecified atom stereocenters. The third-order valence-corrected chi connectivity index (χ3v) is 3.63. The van der Waals surface area contributed by atoms with Crippen molar-refractivity contribution in [2.45, 2.75) is 31.7 Å². The quantitative estimate of drug-likeness (QED) is 0.803. The monoisotopic (exact) mass is 285 g/mol. The average molecular weight is 286 g/mol. The largest absolute Gasteiger partial charge is 0.375 e. The van der Waals surface area contributed by atoms with Crippen molar-refractivity contribution in [3.8, 4) is 0 Å². The molecule has 1 N–H and O–H groups in total. The molecule has 2 nitrogen and oxygen atoms in total. The number of carbonyl (C=O) groups excluding carboxylic acids is 1. The molecule has 1 aromatic carbocycles. The van der Waals surface area contributed by atoms with Crippen LogP contribution in [0.3, 0.4) is 0 Å². The normalized spacial score (nSPS) is 22.1. The van der Waals surface area contributed by atoms with E-state index in [1.807, 2.05) is 13.8 Å². The zero-order valence-corrected chi connectivity index (χ0v) is 10.8. The predicted octanol–water partition coefficient (Wildman–Crippen LogP) is 3.25. The van der Waals surface area contributed by atoms with Gasteiger partial charge in [-0.3, -0.25) is 0 Å². The molecular weight excluding hydrogens is 273 g/mol. The third-order valence-electron chi connectivity index (χ3n) is 3.02. The highest BCUT2D eigenvalue weighted by atomic mass is 79.9. The van der Waals surface area contributed by atoms with Gasteiger partial charge in [0.05, 0.1) is 10.5 Å². The molecule has 1 aromatic rings. The SMILES string of the molecule is CC1(C)CC(C=O)Nc2cc(Br)c(F)cc21. The number of rotatable bonds is 1. The van der Waals surface area contributed by atoms with Gasteiger partial charge in [0.1, 0.15) is 12.1 Å². The van der Waals surface area contributed by atoms with Crippen LogP contribution in [0, 0.1) is 5.82 Å². The van der Waals surface area contributed by atoms with Gasteiger partial charge in [-0.15, -0.1) is 0 Å². The number of fused-ring (bicyclic) bond motifs is 1. The molecule has 0 saturated carbocycles. The molecule has 0 radical (unpaired) electrons. The minimum Gasteiger partial charge on any atom is -0.375 e. The molecule has 4 heteroatoms. The second kappa shape index (κ2) is 3.84. The molecule has 0 fully saturated rings. The number of carbonyl (C=O) groups is 1. The van der Waals surface area contributed by atoms with Crippen LogP contribution in [-0.4, -0.2) is 12.3 Å². The molecule has 2 rings (SSSR count). The highest BCUT2D eigenvalue weighted by molar-refractivity contribution is 9.10. The van der Waals surface area contributed by atoms with E-state index < -0.39 is 0 Å². The van der Waals surface area contributed by atoms with Gasteiger partial charge in [0.15, 0.2) is 0 Å². The van der Waals surface area contributed by atoms with Crippen LogP contribution in [-0.2, 0) is 10.2 Å². The zero-order valence-electron chi connectivity index (χ0n) is 9.18. The molecule has 86 valence electrons. The van der Waals surface area contributed by atoms with Crippen molar-refractivity contribution in [2.75, 3.05) is 5.32 Å². The van der Waals surface area contributed by atoms with Crippen LogP contribution in [0.1, 0.15) is 25.8 Å². The Bertz CT molecular complexity index is 445. The maximum absolute atomic E-state index is 13.5. The second-order valence-electron chi connectivity index (χ2n) is 4.79. The van der Waals surface area contributed by atoms with E-state index in [0.29, 0.717) is 10.9 Å². The highest BCUT2D eigenvalue weighted by Crippen LogP contribution is 2.40. The Morgan fingerprint density at radius 1 is 1.56 bits per heavy atom. The maximum atomic E-state index is 13.5. The smallest absolute Gasteiger partial charge is 0.142 e. The fourth-order valence-corrected chi connectivity index (χ4v) is 2.56. The summed E-state index contributed by atoms with van der Waals surface area (Å²) < 4.78 is 13.9. The number of hydrogen-bond acceptors (Lipinski definition) is 2. The van der Waals surface area contributed by atoms with Crippen LogP contribution in [0.25, 0.3) is 0 Å². The number of aldehydes is 1. The van der Waals surface area contributed by atoms with Gasteiger partial charge in [-0.1, -0.05) is 13.8 Å². The van der Waals surface area contributed by atoms with E-state index in [0.717, 1.165) is 17.5 Å². The van der Waals surface area contributed by atoms with Crippen molar-refractivity contribution in [1.82, 2.24) is 0 Å². The maximum Gasteiger partial charge on any atom is 0.142 e. The van der Waals surface area contributed by atoms with Gasteiger partial charge < -0.3 is 10.1 Å². The summed E-state index contributed by atoms with van der Waals surface area (Å²) in [5, 5.41) is 3.11. The minimum absolute atomic E-state index is 0.187. The third kappa shape index (κ3) is 1.86. The first kappa shape index (κ1) is 11.6. The fourth-order valence-electron chi connectivity index (χ4n) is 2.22. The summed E-state index contributed by atoms with van der Waals surface area (Å²) in [6.07, 6.45) is 1.59. The van der Waals surface area contributed by atoms with Crippen LogP contribution in [0.5, 0.6) is 0 Å². The summed E-state index contributed by atoms with van der Waals surface area (Å²) in [6.45, 7) is 4.05. The van der Waals surface area contributed by atoms with E-state index in [-0.39, 0.29) is 17.3 Å². The first-order valence-electron chi connectivity index (χ1n) is 5.15. The van der Waals surface area contributed by atoms with Crippen LogP contribution in [0.15, 0.2) is 16.6 Å². The lowest BCUT2D eigenvalue weighted by molar-refractivity contribution is -0.108. The summed E-state index contributed by atoms with van der Waals surface area (Å²) in [5.41, 5.74) is 1.57.